The lowest BCUT2D eigenvalue weighted by molar-refractivity contribution is -0.123. The lowest BCUT2D eigenvalue weighted by Gasteiger charge is -2.20. The summed E-state index contributed by atoms with van der Waals surface area (Å²) in [5.41, 5.74) is 1.51. The van der Waals surface area contributed by atoms with Gasteiger partial charge in [-0.25, -0.2) is 0 Å². The molecule has 0 radical (unpaired) electrons. The molecule has 0 N–H and O–H groups in total. The lowest BCUT2D eigenvalue weighted by Crippen LogP contribution is -2.30. The zero-order valence-corrected chi connectivity index (χ0v) is 13.1. The van der Waals surface area contributed by atoms with Gasteiger partial charge in [-0.3, -0.25) is 4.79 Å². The zero-order chi connectivity index (χ0) is 15.2. The number of nitrogens with zero attached hydrogens (tertiary/aromatic N) is 1. The summed E-state index contributed by atoms with van der Waals surface area (Å²) in [4.78, 5) is 13.5. The Kier molecular flexibility index (Phi) is 5.62. The molecule has 0 spiro atoms. The molecule has 0 bridgehead atoms. The fraction of sp³-hybridized carbons (Fsp3) is 0.188. The van der Waals surface area contributed by atoms with Gasteiger partial charge in [0.15, 0.2) is 0 Å². The highest BCUT2D eigenvalue weighted by Gasteiger charge is 2.16. The van der Waals surface area contributed by atoms with Gasteiger partial charge in [-0.05, 0) is 17.7 Å². The summed E-state index contributed by atoms with van der Waals surface area (Å²) in [6.07, 6.45) is 0. The Morgan fingerprint density at radius 1 is 1.05 bits per heavy atom. The van der Waals surface area contributed by atoms with E-state index in [2.05, 4.69) is 0 Å². The minimum atomic E-state index is -0.207. The van der Waals surface area contributed by atoms with Crippen LogP contribution in [0.3, 0.4) is 0 Å². The third kappa shape index (κ3) is 4.21. The largest absolute Gasteiger partial charge is 0.367 e. The molecule has 1 amide bonds. The summed E-state index contributed by atoms with van der Waals surface area (Å²) >= 11 is 12.2. The van der Waals surface area contributed by atoms with Crippen molar-refractivity contribution in [3.05, 3.63) is 64.1 Å². The molecular formula is C16H15Cl2NO2. The van der Waals surface area contributed by atoms with Crippen molar-refractivity contribution in [1.82, 2.24) is 0 Å². The third-order valence-electron chi connectivity index (χ3n) is 2.98. The van der Waals surface area contributed by atoms with Gasteiger partial charge in [0.25, 0.3) is 5.91 Å². The van der Waals surface area contributed by atoms with Crippen molar-refractivity contribution < 1.29 is 9.53 Å². The minimum Gasteiger partial charge on any atom is -0.367 e. The van der Waals surface area contributed by atoms with Crippen LogP contribution in [-0.4, -0.2) is 19.6 Å². The maximum absolute atomic E-state index is 12.1. The molecule has 0 atom stereocenters. The van der Waals surface area contributed by atoms with Crippen molar-refractivity contribution >= 4 is 34.8 Å². The van der Waals surface area contributed by atoms with Crippen molar-refractivity contribution in [3.63, 3.8) is 0 Å². The van der Waals surface area contributed by atoms with E-state index in [0.717, 1.165) is 5.56 Å². The van der Waals surface area contributed by atoms with Crippen molar-refractivity contribution in [2.75, 3.05) is 18.6 Å². The Hall–Kier alpha value is -1.55. The first-order valence-electron chi connectivity index (χ1n) is 6.42. The van der Waals surface area contributed by atoms with Gasteiger partial charge in [-0.1, -0.05) is 59.6 Å². The third-order valence-corrected chi connectivity index (χ3v) is 3.59. The quantitative estimate of drug-likeness (QED) is 0.826. The predicted molar refractivity (Wildman–Crippen MR) is 86.0 cm³/mol. The van der Waals surface area contributed by atoms with Gasteiger partial charge in [0, 0.05) is 7.05 Å². The van der Waals surface area contributed by atoms with E-state index in [1.165, 1.54) is 4.90 Å². The molecule has 0 aliphatic heterocycles. The molecule has 0 heterocycles. The van der Waals surface area contributed by atoms with Crippen LogP contribution in [0.5, 0.6) is 0 Å². The Bertz CT molecular complexity index is 597. The molecule has 21 heavy (non-hydrogen) atoms. The van der Waals surface area contributed by atoms with E-state index in [1.807, 2.05) is 30.3 Å². The molecule has 0 saturated heterocycles. The Labute approximate surface area is 134 Å². The molecular weight excluding hydrogens is 309 g/mol. The number of para-hydroxylation sites is 1. The van der Waals surface area contributed by atoms with Crippen LogP contribution in [0, 0.1) is 0 Å². The van der Waals surface area contributed by atoms with Gasteiger partial charge >= 0.3 is 0 Å². The second-order valence-electron chi connectivity index (χ2n) is 4.50. The molecule has 0 unspecified atom stereocenters. The molecule has 0 fully saturated rings. The SMILES string of the molecule is CN(C(=O)COCc1ccccc1)c1c(Cl)cccc1Cl. The number of benzene rings is 2. The molecule has 5 heteroatoms. The molecule has 2 rings (SSSR count). The van der Waals surface area contributed by atoms with Gasteiger partial charge in [0.05, 0.1) is 22.3 Å². The van der Waals surface area contributed by atoms with Crippen LogP contribution in [0.2, 0.25) is 10.0 Å². The van der Waals surface area contributed by atoms with Crippen LogP contribution in [0.1, 0.15) is 5.56 Å². The highest BCUT2D eigenvalue weighted by atomic mass is 35.5. The summed E-state index contributed by atoms with van der Waals surface area (Å²) in [5.74, 6) is -0.207. The predicted octanol–water partition coefficient (Wildman–Crippen LogP) is 4.17. The van der Waals surface area contributed by atoms with Crippen LogP contribution < -0.4 is 4.90 Å². The van der Waals surface area contributed by atoms with Crippen molar-refractivity contribution in [3.8, 4) is 0 Å². The van der Waals surface area contributed by atoms with E-state index in [1.54, 1.807) is 25.2 Å². The van der Waals surface area contributed by atoms with E-state index in [0.29, 0.717) is 22.3 Å². The average Bonchev–Trinajstić information content (AvgIpc) is 2.48. The lowest BCUT2D eigenvalue weighted by atomic mass is 10.2. The second kappa shape index (κ2) is 7.46. The topological polar surface area (TPSA) is 29.5 Å². The number of likely N-dealkylation sites (N-methyl/N-ethyl adjacent to an activating group) is 1. The van der Waals surface area contributed by atoms with E-state index in [4.69, 9.17) is 27.9 Å². The van der Waals surface area contributed by atoms with Gasteiger partial charge in [0.1, 0.15) is 6.61 Å². The number of anilines is 1. The number of rotatable bonds is 5. The summed E-state index contributed by atoms with van der Waals surface area (Å²) in [6.45, 7) is 0.351. The number of amides is 1. The van der Waals surface area contributed by atoms with E-state index in [-0.39, 0.29) is 12.5 Å². The summed E-state index contributed by atoms with van der Waals surface area (Å²) in [6, 6.07) is 14.8. The normalized spacial score (nSPS) is 10.4. The smallest absolute Gasteiger partial charge is 0.252 e. The summed E-state index contributed by atoms with van der Waals surface area (Å²) in [5, 5.41) is 0.864. The van der Waals surface area contributed by atoms with Gasteiger partial charge in [0.2, 0.25) is 0 Å². The van der Waals surface area contributed by atoms with Crippen molar-refractivity contribution in [2.24, 2.45) is 0 Å². The van der Waals surface area contributed by atoms with E-state index >= 15 is 0 Å². The van der Waals surface area contributed by atoms with Crippen LogP contribution in [-0.2, 0) is 16.1 Å². The molecule has 2 aromatic carbocycles. The molecule has 0 saturated carbocycles. The van der Waals surface area contributed by atoms with Crippen molar-refractivity contribution in [2.45, 2.75) is 6.61 Å². The van der Waals surface area contributed by atoms with Gasteiger partial charge < -0.3 is 9.64 Å². The Morgan fingerprint density at radius 2 is 1.67 bits per heavy atom. The minimum absolute atomic E-state index is 0.0348. The molecule has 2 aromatic rings. The standard InChI is InChI=1S/C16H15Cl2NO2/c1-19(16-13(17)8-5-9-14(16)18)15(20)11-21-10-12-6-3-2-4-7-12/h2-9H,10-11H2,1H3. The van der Waals surface area contributed by atoms with Crippen molar-refractivity contribution in [1.29, 1.82) is 0 Å². The first-order chi connectivity index (χ1) is 10.1. The first kappa shape index (κ1) is 15.8. The molecule has 110 valence electrons. The number of halogens is 2. The molecule has 0 aliphatic rings. The summed E-state index contributed by atoms with van der Waals surface area (Å²) in [7, 11) is 1.63. The van der Waals surface area contributed by atoms with Gasteiger partial charge in [-0.2, -0.15) is 0 Å². The highest BCUT2D eigenvalue weighted by Crippen LogP contribution is 2.32. The molecule has 0 aliphatic carbocycles. The fourth-order valence-electron chi connectivity index (χ4n) is 1.86. The first-order valence-corrected chi connectivity index (χ1v) is 7.17. The Balaban J connectivity index is 1.94. The number of carbonyl (C=O) groups excluding carboxylic acids is 1. The second-order valence-corrected chi connectivity index (χ2v) is 5.32. The maximum atomic E-state index is 12.1. The monoisotopic (exact) mass is 323 g/mol. The van der Waals surface area contributed by atoms with Gasteiger partial charge in [-0.15, -0.1) is 0 Å². The van der Waals surface area contributed by atoms with Crippen LogP contribution in [0.25, 0.3) is 0 Å². The van der Waals surface area contributed by atoms with E-state index in [9.17, 15) is 4.79 Å². The highest BCUT2D eigenvalue weighted by molar-refractivity contribution is 6.39. The number of carbonyl (C=O) groups is 1. The summed E-state index contributed by atoms with van der Waals surface area (Å²) < 4.78 is 5.43. The van der Waals surface area contributed by atoms with Crippen LogP contribution in [0.15, 0.2) is 48.5 Å². The van der Waals surface area contributed by atoms with Crippen LogP contribution >= 0.6 is 23.2 Å². The fourth-order valence-corrected chi connectivity index (χ4v) is 2.51. The number of hydrogen-bond donors (Lipinski definition) is 0. The van der Waals surface area contributed by atoms with E-state index < -0.39 is 0 Å². The molecule has 3 nitrogen and oxygen atoms in total. The Morgan fingerprint density at radius 3 is 2.29 bits per heavy atom. The average molecular weight is 324 g/mol. The molecule has 0 aromatic heterocycles. The van der Waals surface area contributed by atoms with Crippen LogP contribution in [0.4, 0.5) is 5.69 Å². The number of hydrogen-bond acceptors (Lipinski definition) is 2. The maximum Gasteiger partial charge on any atom is 0.252 e. The zero-order valence-electron chi connectivity index (χ0n) is 11.6. The number of ether oxygens (including phenoxy) is 1.